The molecule has 0 aliphatic carbocycles. The average Bonchev–Trinajstić information content (AvgIpc) is 2.40. The van der Waals surface area contributed by atoms with Gasteiger partial charge in [-0.1, -0.05) is 0 Å². The first-order valence-corrected chi connectivity index (χ1v) is 6.56. The van der Waals surface area contributed by atoms with Crippen molar-refractivity contribution in [1.29, 1.82) is 0 Å². The molecule has 1 aliphatic rings. The van der Waals surface area contributed by atoms with Crippen molar-refractivity contribution in [3.63, 3.8) is 0 Å². The lowest BCUT2D eigenvalue weighted by Crippen LogP contribution is -2.36. The van der Waals surface area contributed by atoms with Crippen LogP contribution in [0.4, 0.5) is 11.4 Å². The largest absolute Gasteiger partial charge is 0.386 e. The van der Waals surface area contributed by atoms with Crippen LogP contribution in [0.25, 0.3) is 0 Å². The van der Waals surface area contributed by atoms with Gasteiger partial charge in [0.15, 0.2) is 0 Å². The van der Waals surface area contributed by atoms with Crippen LogP contribution < -0.4 is 10.6 Å². The van der Waals surface area contributed by atoms with Gasteiger partial charge in [-0.15, -0.1) is 11.6 Å². The first kappa shape index (κ1) is 13.2. The normalized spacial score (nSPS) is 17.0. The molecule has 1 fully saturated rings. The summed E-state index contributed by atoms with van der Waals surface area (Å²) in [6, 6.07) is 6.09. The summed E-state index contributed by atoms with van der Waals surface area (Å²) in [7, 11) is 0. The molecule has 2 N–H and O–H groups in total. The fraction of sp³-hybridized carbons (Fsp3) is 0.462. The van der Waals surface area contributed by atoms with Crippen LogP contribution in [0.15, 0.2) is 23.2 Å². The van der Waals surface area contributed by atoms with Crippen molar-refractivity contribution >= 4 is 28.8 Å². The lowest BCUT2D eigenvalue weighted by Gasteiger charge is -2.30. The van der Waals surface area contributed by atoms with E-state index in [4.69, 9.17) is 22.1 Å². The number of anilines is 1. The summed E-state index contributed by atoms with van der Waals surface area (Å²) in [5.74, 6) is 0.694. The van der Waals surface area contributed by atoms with E-state index in [9.17, 15) is 0 Å². The molecule has 0 unspecified atom stereocenters. The maximum absolute atomic E-state index is 5.63. The third kappa shape index (κ3) is 3.15. The molecule has 0 atom stereocenters. The van der Waals surface area contributed by atoms with E-state index in [1.54, 1.807) is 0 Å². The van der Waals surface area contributed by atoms with Crippen LogP contribution in [-0.2, 0) is 4.74 Å². The lowest BCUT2D eigenvalue weighted by molar-refractivity contribution is 0.122. The van der Waals surface area contributed by atoms with E-state index in [1.807, 2.05) is 12.1 Å². The highest BCUT2D eigenvalue weighted by atomic mass is 35.5. The molecule has 0 amide bonds. The Bertz CT molecular complexity index is 442. The van der Waals surface area contributed by atoms with Crippen molar-refractivity contribution in [2.24, 2.45) is 10.7 Å². The van der Waals surface area contributed by atoms with E-state index >= 15 is 0 Å². The molecule has 0 saturated carbocycles. The van der Waals surface area contributed by atoms with Crippen LogP contribution >= 0.6 is 11.6 Å². The Morgan fingerprint density at radius 3 is 2.78 bits per heavy atom. The Labute approximate surface area is 112 Å². The standard InChI is InChI=1S/C13H18ClN3O/c1-10-8-11(16-13(15)9-14)2-3-12(10)17-4-6-18-7-5-17/h2-3,8H,4-7,9H2,1H3,(H2,15,16). The molecule has 0 aromatic heterocycles. The fourth-order valence-corrected chi connectivity index (χ4v) is 2.12. The van der Waals surface area contributed by atoms with Gasteiger partial charge in [0.05, 0.1) is 24.8 Å². The van der Waals surface area contributed by atoms with Crippen LogP contribution in [0, 0.1) is 6.92 Å². The second-order valence-corrected chi connectivity index (χ2v) is 4.57. The van der Waals surface area contributed by atoms with Crippen LogP contribution in [0.3, 0.4) is 0 Å². The summed E-state index contributed by atoms with van der Waals surface area (Å²) in [5.41, 5.74) is 8.91. The number of benzene rings is 1. The van der Waals surface area contributed by atoms with E-state index in [1.165, 1.54) is 11.3 Å². The Balaban J connectivity index is 2.19. The Hall–Kier alpha value is -1.26. The number of aryl methyl sites for hydroxylation is 1. The van der Waals surface area contributed by atoms with Gasteiger partial charge in [-0.05, 0) is 30.7 Å². The highest BCUT2D eigenvalue weighted by Gasteiger charge is 2.13. The highest BCUT2D eigenvalue weighted by Crippen LogP contribution is 2.25. The third-order valence-electron chi connectivity index (χ3n) is 2.94. The minimum Gasteiger partial charge on any atom is -0.386 e. The molecule has 1 saturated heterocycles. The number of rotatable bonds is 3. The SMILES string of the molecule is Cc1cc(N=C(N)CCl)ccc1N1CCOCC1. The number of hydrogen-bond donors (Lipinski definition) is 1. The molecular weight excluding hydrogens is 250 g/mol. The Morgan fingerprint density at radius 2 is 2.17 bits per heavy atom. The minimum atomic E-state index is 0.254. The molecule has 1 aromatic rings. The summed E-state index contributed by atoms with van der Waals surface area (Å²) >= 11 is 5.62. The van der Waals surface area contributed by atoms with E-state index in [0.717, 1.165) is 32.0 Å². The fourth-order valence-electron chi connectivity index (χ4n) is 2.06. The molecular formula is C13H18ClN3O. The smallest absolute Gasteiger partial charge is 0.115 e. The summed E-state index contributed by atoms with van der Waals surface area (Å²) in [4.78, 5) is 6.57. The monoisotopic (exact) mass is 267 g/mol. The number of morpholine rings is 1. The number of hydrogen-bond acceptors (Lipinski definition) is 3. The van der Waals surface area contributed by atoms with Crippen LogP contribution in [-0.4, -0.2) is 38.0 Å². The van der Waals surface area contributed by atoms with Gasteiger partial charge in [-0.25, -0.2) is 4.99 Å². The van der Waals surface area contributed by atoms with Gasteiger partial charge in [0.25, 0.3) is 0 Å². The van der Waals surface area contributed by atoms with E-state index in [-0.39, 0.29) is 5.88 Å². The number of aliphatic imine (C=N–C) groups is 1. The minimum absolute atomic E-state index is 0.254. The molecule has 1 heterocycles. The quantitative estimate of drug-likeness (QED) is 0.518. The van der Waals surface area contributed by atoms with Crippen LogP contribution in [0.2, 0.25) is 0 Å². The molecule has 4 nitrogen and oxygen atoms in total. The van der Waals surface area contributed by atoms with Crippen LogP contribution in [0.5, 0.6) is 0 Å². The number of alkyl halides is 1. The number of ether oxygens (including phenoxy) is 1. The molecule has 98 valence electrons. The van der Waals surface area contributed by atoms with Gasteiger partial charge in [-0.3, -0.25) is 0 Å². The van der Waals surface area contributed by atoms with Gasteiger partial charge >= 0.3 is 0 Å². The maximum atomic E-state index is 5.63. The molecule has 0 bridgehead atoms. The average molecular weight is 268 g/mol. The van der Waals surface area contributed by atoms with Crippen molar-refractivity contribution in [2.75, 3.05) is 37.1 Å². The molecule has 2 rings (SSSR count). The maximum Gasteiger partial charge on any atom is 0.115 e. The second-order valence-electron chi connectivity index (χ2n) is 4.31. The Kier molecular flexibility index (Phi) is 4.44. The summed E-state index contributed by atoms with van der Waals surface area (Å²) in [6.45, 7) is 5.54. The van der Waals surface area contributed by atoms with E-state index < -0.39 is 0 Å². The first-order chi connectivity index (χ1) is 8.70. The molecule has 1 aromatic carbocycles. The van der Waals surface area contributed by atoms with Gasteiger partial charge in [0, 0.05) is 18.8 Å². The zero-order valence-corrected chi connectivity index (χ0v) is 11.3. The van der Waals surface area contributed by atoms with Crippen molar-refractivity contribution in [3.05, 3.63) is 23.8 Å². The predicted molar refractivity (Wildman–Crippen MR) is 76.2 cm³/mol. The van der Waals surface area contributed by atoms with Gasteiger partial charge < -0.3 is 15.4 Å². The number of nitrogens with zero attached hydrogens (tertiary/aromatic N) is 2. The van der Waals surface area contributed by atoms with E-state index in [2.05, 4.69) is 22.9 Å². The van der Waals surface area contributed by atoms with Crippen molar-refractivity contribution < 1.29 is 4.74 Å². The molecule has 0 spiro atoms. The number of amidine groups is 1. The van der Waals surface area contributed by atoms with Gasteiger partial charge in [0.1, 0.15) is 5.84 Å². The number of halogens is 1. The van der Waals surface area contributed by atoms with Gasteiger partial charge in [0.2, 0.25) is 0 Å². The molecule has 0 radical (unpaired) electrons. The second kappa shape index (κ2) is 6.07. The first-order valence-electron chi connectivity index (χ1n) is 6.03. The van der Waals surface area contributed by atoms with Crippen molar-refractivity contribution in [1.82, 2.24) is 0 Å². The highest BCUT2D eigenvalue weighted by molar-refractivity contribution is 6.28. The molecule has 5 heteroatoms. The number of nitrogens with two attached hydrogens (primary N) is 1. The van der Waals surface area contributed by atoms with Crippen molar-refractivity contribution in [3.8, 4) is 0 Å². The third-order valence-corrected chi connectivity index (χ3v) is 3.22. The van der Waals surface area contributed by atoms with Crippen LogP contribution in [0.1, 0.15) is 5.56 Å². The zero-order chi connectivity index (χ0) is 13.0. The zero-order valence-electron chi connectivity index (χ0n) is 10.5. The van der Waals surface area contributed by atoms with E-state index in [0.29, 0.717) is 5.84 Å². The van der Waals surface area contributed by atoms with Crippen molar-refractivity contribution in [2.45, 2.75) is 6.92 Å². The van der Waals surface area contributed by atoms with Gasteiger partial charge in [-0.2, -0.15) is 0 Å². The summed E-state index contributed by atoms with van der Waals surface area (Å²) in [6.07, 6.45) is 0. The summed E-state index contributed by atoms with van der Waals surface area (Å²) in [5, 5.41) is 0. The predicted octanol–water partition coefficient (Wildman–Crippen LogP) is 2.06. The lowest BCUT2D eigenvalue weighted by atomic mass is 10.1. The Morgan fingerprint density at radius 1 is 1.44 bits per heavy atom. The molecule has 18 heavy (non-hydrogen) atoms. The topological polar surface area (TPSA) is 50.8 Å². The summed E-state index contributed by atoms with van der Waals surface area (Å²) < 4.78 is 5.36. The molecule has 1 aliphatic heterocycles.